The summed E-state index contributed by atoms with van der Waals surface area (Å²) in [7, 11) is -2.15. The van der Waals surface area contributed by atoms with Crippen molar-refractivity contribution in [3.05, 3.63) is 54.1 Å². The zero-order valence-electron chi connectivity index (χ0n) is 17.8. The Kier molecular flexibility index (Phi) is 7.82. The molecule has 0 aromatic heterocycles. The van der Waals surface area contributed by atoms with Gasteiger partial charge in [0.25, 0.3) is 15.9 Å². The van der Waals surface area contributed by atoms with Crippen LogP contribution in [0.1, 0.15) is 36.0 Å². The lowest BCUT2D eigenvalue weighted by Crippen LogP contribution is -2.30. The summed E-state index contributed by atoms with van der Waals surface area (Å²) < 4.78 is 33.0. The number of benzene rings is 2. The van der Waals surface area contributed by atoms with E-state index in [0.29, 0.717) is 30.1 Å². The highest BCUT2D eigenvalue weighted by molar-refractivity contribution is 7.90. The van der Waals surface area contributed by atoms with Crippen molar-refractivity contribution >= 4 is 39.1 Å². The van der Waals surface area contributed by atoms with E-state index in [1.807, 2.05) is 0 Å². The number of hydrogen-bond acceptors (Lipinski definition) is 7. The maximum Gasteiger partial charge on any atom is 0.340 e. The lowest BCUT2D eigenvalue weighted by atomic mass is 10.2. The molecule has 3 N–H and O–H groups in total. The predicted molar refractivity (Wildman–Crippen MR) is 122 cm³/mol. The summed E-state index contributed by atoms with van der Waals surface area (Å²) >= 11 is 0. The number of carbonyl (C=O) groups excluding carboxylic acids is 2. The van der Waals surface area contributed by atoms with E-state index in [4.69, 9.17) is 4.74 Å². The van der Waals surface area contributed by atoms with Crippen molar-refractivity contribution in [2.45, 2.75) is 30.6 Å². The molecule has 0 atom stereocenters. The van der Waals surface area contributed by atoms with Crippen molar-refractivity contribution in [2.24, 2.45) is 4.99 Å². The summed E-state index contributed by atoms with van der Waals surface area (Å²) in [6, 6.07) is 12.6. The Labute approximate surface area is 187 Å². The summed E-state index contributed by atoms with van der Waals surface area (Å²) in [5.74, 6) is -0.781. The van der Waals surface area contributed by atoms with Crippen LogP contribution in [0, 0.1) is 0 Å². The topological polar surface area (TPSA) is 126 Å². The zero-order valence-corrected chi connectivity index (χ0v) is 18.6. The van der Waals surface area contributed by atoms with Gasteiger partial charge in [-0.15, -0.1) is 0 Å². The third-order valence-corrected chi connectivity index (χ3v) is 6.18. The van der Waals surface area contributed by atoms with Gasteiger partial charge in [0.2, 0.25) is 0 Å². The molecule has 2 aromatic carbocycles. The van der Waals surface area contributed by atoms with Gasteiger partial charge in [0.1, 0.15) is 5.84 Å². The number of ether oxygens (including phenoxy) is 1. The molecule has 1 amide bonds. The Hall–Kier alpha value is -3.40. The normalized spacial score (nSPS) is 14.0. The molecule has 10 heteroatoms. The van der Waals surface area contributed by atoms with Crippen LogP contribution in [0.3, 0.4) is 0 Å². The molecule has 2 aromatic rings. The van der Waals surface area contributed by atoms with Gasteiger partial charge in [0.05, 0.1) is 10.5 Å². The van der Waals surface area contributed by atoms with E-state index in [1.54, 1.807) is 37.4 Å². The lowest BCUT2D eigenvalue weighted by Gasteiger charge is -2.12. The maximum absolute atomic E-state index is 12.7. The maximum atomic E-state index is 12.7. The van der Waals surface area contributed by atoms with Crippen LogP contribution < -0.4 is 15.4 Å². The van der Waals surface area contributed by atoms with E-state index in [-0.39, 0.29) is 10.6 Å². The second-order valence-corrected chi connectivity index (χ2v) is 8.87. The first-order valence-electron chi connectivity index (χ1n) is 10.3. The van der Waals surface area contributed by atoms with Gasteiger partial charge in [0.15, 0.2) is 6.61 Å². The number of rotatable bonds is 7. The summed E-state index contributed by atoms with van der Waals surface area (Å²) in [4.78, 5) is 28.8. The van der Waals surface area contributed by atoms with Crippen LogP contribution in [-0.4, -0.2) is 46.3 Å². The van der Waals surface area contributed by atoms with Crippen LogP contribution in [0.25, 0.3) is 0 Å². The molecule has 0 radical (unpaired) electrons. The Balaban J connectivity index is 1.60. The summed E-state index contributed by atoms with van der Waals surface area (Å²) in [5.41, 5.74) is 1.16. The second-order valence-electron chi connectivity index (χ2n) is 7.19. The van der Waals surface area contributed by atoms with Crippen LogP contribution in [0.2, 0.25) is 0 Å². The average molecular weight is 459 g/mol. The number of carbonyl (C=O) groups is 2. The highest BCUT2D eigenvalue weighted by Gasteiger charge is 2.18. The molecule has 0 spiro atoms. The predicted octanol–water partition coefficient (Wildman–Crippen LogP) is 2.77. The molecule has 32 heavy (non-hydrogen) atoms. The number of nitrogens with one attached hydrogen (secondary N) is 3. The van der Waals surface area contributed by atoms with E-state index in [9.17, 15) is 18.0 Å². The molecule has 1 aliphatic heterocycles. The molecular formula is C22H26N4O5S. The Bertz CT molecular complexity index is 1110. The third-order valence-electron chi connectivity index (χ3n) is 4.81. The Morgan fingerprint density at radius 1 is 1.06 bits per heavy atom. The number of esters is 1. The Morgan fingerprint density at radius 2 is 1.88 bits per heavy atom. The number of amides is 1. The second kappa shape index (κ2) is 10.8. The smallest absolute Gasteiger partial charge is 0.340 e. The zero-order chi connectivity index (χ0) is 23.0. The summed E-state index contributed by atoms with van der Waals surface area (Å²) in [6.45, 7) is 0.0916. The van der Waals surface area contributed by atoms with Gasteiger partial charge in [-0.2, -0.15) is 0 Å². The molecule has 3 rings (SSSR count). The summed E-state index contributed by atoms with van der Waals surface area (Å²) in [6.07, 6.45) is 3.42. The van der Waals surface area contributed by atoms with Crippen LogP contribution in [0.15, 0.2) is 58.4 Å². The lowest BCUT2D eigenvalue weighted by molar-refractivity contribution is -0.119. The minimum Gasteiger partial charge on any atom is -0.452 e. The number of para-hydroxylation sites is 1. The van der Waals surface area contributed by atoms with Crippen molar-refractivity contribution in [3.63, 3.8) is 0 Å². The molecule has 0 unspecified atom stereocenters. The number of aliphatic imine (C=N–C) groups is 1. The minimum absolute atomic E-state index is 0.00203. The van der Waals surface area contributed by atoms with Crippen molar-refractivity contribution < 1.29 is 22.7 Å². The standard InChI is InChI=1S/C22H26N4O5S/c1-23-19-11-5-4-10-18(19)22(28)31-15-21(27)25-16-8-7-9-17(14-16)32(29,30)26-20-12-3-2-6-13-24-20/h4-5,7-11,14,23H,2-3,6,12-13,15H2,1H3,(H,24,26)(H,25,27). The van der Waals surface area contributed by atoms with Gasteiger partial charge in [-0.05, 0) is 43.2 Å². The van der Waals surface area contributed by atoms with Crippen LogP contribution in [-0.2, 0) is 19.6 Å². The fourth-order valence-corrected chi connectivity index (χ4v) is 4.33. The fourth-order valence-electron chi connectivity index (χ4n) is 3.20. The molecule has 170 valence electrons. The van der Waals surface area contributed by atoms with Crippen LogP contribution >= 0.6 is 0 Å². The van der Waals surface area contributed by atoms with E-state index < -0.39 is 28.5 Å². The van der Waals surface area contributed by atoms with E-state index >= 15 is 0 Å². The van der Waals surface area contributed by atoms with E-state index in [0.717, 1.165) is 19.3 Å². The minimum atomic E-state index is -3.83. The van der Waals surface area contributed by atoms with Gasteiger partial charge < -0.3 is 15.4 Å². The molecule has 1 aliphatic rings. The number of hydrogen-bond donors (Lipinski definition) is 3. The highest BCUT2D eigenvalue weighted by Crippen LogP contribution is 2.18. The van der Waals surface area contributed by atoms with Crippen molar-refractivity contribution in [3.8, 4) is 0 Å². The van der Waals surface area contributed by atoms with Crippen molar-refractivity contribution in [2.75, 3.05) is 30.8 Å². The van der Waals surface area contributed by atoms with E-state index in [2.05, 4.69) is 20.3 Å². The van der Waals surface area contributed by atoms with Crippen LogP contribution in [0.4, 0.5) is 11.4 Å². The van der Waals surface area contributed by atoms with Gasteiger partial charge in [-0.25, -0.2) is 13.2 Å². The quantitative estimate of drug-likeness (QED) is 0.548. The molecule has 0 aliphatic carbocycles. The highest BCUT2D eigenvalue weighted by atomic mass is 32.2. The van der Waals surface area contributed by atoms with Crippen molar-refractivity contribution in [1.29, 1.82) is 0 Å². The molecule has 0 bridgehead atoms. The first-order chi connectivity index (χ1) is 15.4. The number of sulfonamides is 1. The first kappa shape index (κ1) is 23.3. The molecule has 0 fully saturated rings. The molecule has 1 heterocycles. The number of nitrogens with zero attached hydrogens (tertiary/aromatic N) is 1. The van der Waals surface area contributed by atoms with Crippen LogP contribution in [0.5, 0.6) is 0 Å². The largest absolute Gasteiger partial charge is 0.452 e. The summed E-state index contributed by atoms with van der Waals surface area (Å²) in [5, 5.41) is 5.43. The first-order valence-corrected chi connectivity index (χ1v) is 11.8. The van der Waals surface area contributed by atoms with Gasteiger partial charge in [-0.3, -0.25) is 14.5 Å². The number of anilines is 2. The third kappa shape index (κ3) is 6.30. The molecule has 0 saturated heterocycles. The fraction of sp³-hybridized carbons (Fsp3) is 0.318. The van der Waals surface area contributed by atoms with E-state index in [1.165, 1.54) is 18.2 Å². The SMILES string of the molecule is CNc1ccccc1C(=O)OCC(=O)Nc1cccc(S(=O)(=O)NC2=NCCCCC2)c1. The Morgan fingerprint density at radius 3 is 2.69 bits per heavy atom. The molecular weight excluding hydrogens is 432 g/mol. The molecule has 9 nitrogen and oxygen atoms in total. The van der Waals surface area contributed by atoms with Gasteiger partial charge >= 0.3 is 5.97 Å². The van der Waals surface area contributed by atoms with Gasteiger partial charge in [0, 0.05) is 31.4 Å². The van der Waals surface area contributed by atoms with Crippen molar-refractivity contribution in [1.82, 2.24) is 4.72 Å². The van der Waals surface area contributed by atoms with Gasteiger partial charge in [-0.1, -0.05) is 24.6 Å². The molecule has 0 saturated carbocycles. The number of amidine groups is 1. The average Bonchev–Trinajstić information content (AvgIpc) is 3.05. The monoisotopic (exact) mass is 458 g/mol.